The number of aliphatic hydroxyl groups excluding tert-OH is 1. The first-order valence-electron chi connectivity index (χ1n) is 10.2. The first kappa shape index (κ1) is 18.9. The molecule has 2 heterocycles. The Bertz CT molecular complexity index is 969. The molecule has 5 nitrogen and oxygen atoms in total. The summed E-state index contributed by atoms with van der Waals surface area (Å²) in [5.41, 5.74) is 3.62. The van der Waals surface area contributed by atoms with E-state index in [9.17, 15) is 5.11 Å². The van der Waals surface area contributed by atoms with Crippen LogP contribution in [0.15, 0.2) is 46.5 Å². The molecule has 3 unspecified atom stereocenters. The zero-order valence-electron chi connectivity index (χ0n) is 16.9. The summed E-state index contributed by atoms with van der Waals surface area (Å²) < 4.78 is 5.99. The van der Waals surface area contributed by atoms with Crippen LogP contribution in [-0.4, -0.2) is 26.9 Å². The zero-order valence-corrected chi connectivity index (χ0v) is 16.9. The van der Waals surface area contributed by atoms with Crippen LogP contribution in [0.1, 0.15) is 44.5 Å². The van der Waals surface area contributed by atoms with Gasteiger partial charge in [-0.25, -0.2) is 0 Å². The van der Waals surface area contributed by atoms with Crippen molar-refractivity contribution in [3.63, 3.8) is 0 Å². The summed E-state index contributed by atoms with van der Waals surface area (Å²) in [5.74, 6) is 3.06. The lowest BCUT2D eigenvalue weighted by atomic mass is 9.70. The SMILES string of the molecule is CC1=CC(CO)C(C(C)C)CC1Cc1nnc(Cc2c[nH]c3ccccc23)o1. The van der Waals surface area contributed by atoms with Crippen molar-refractivity contribution in [3.8, 4) is 0 Å². The van der Waals surface area contributed by atoms with E-state index >= 15 is 0 Å². The number of aromatic nitrogens is 3. The highest BCUT2D eigenvalue weighted by Gasteiger charge is 2.32. The van der Waals surface area contributed by atoms with E-state index in [0.29, 0.717) is 36.0 Å². The lowest BCUT2D eigenvalue weighted by Gasteiger charge is -2.36. The van der Waals surface area contributed by atoms with Crippen LogP contribution < -0.4 is 0 Å². The van der Waals surface area contributed by atoms with Crippen LogP contribution in [0.5, 0.6) is 0 Å². The van der Waals surface area contributed by atoms with Gasteiger partial charge in [0.2, 0.25) is 11.8 Å². The highest BCUT2D eigenvalue weighted by atomic mass is 16.4. The summed E-state index contributed by atoms with van der Waals surface area (Å²) in [6.45, 7) is 6.87. The van der Waals surface area contributed by atoms with Crippen molar-refractivity contribution in [3.05, 3.63) is 59.5 Å². The number of H-pyrrole nitrogens is 1. The molecule has 28 heavy (non-hydrogen) atoms. The summed E-state index contributed by atoms with van der Waals surface area (Å²) in [7, 11) is 0. The molecule has 1 aliphatic carbocycles. The molecule has 0 aliphatic heterocycles. The van der Waals surface area contributed by atoms with Crippen LogP contribution in [0.2, 0.25) is 0 Å². The maximum absolute atomic E-state index is 9.72. The van der Waals surface area contributed by atoms with Crippen molar-refractivity contribution in [2.24, 2.45) is 23.7 Å². The minimum atomic E-state index is 0.224. The van der Waals surface area contributed by atoms with Gasteiger partial charge in [-0.05, 0) is 42.7 Å². The molecule has 0 saturated heterocycles. The fourth-order valence-corrected chi connectivity index (χ4v) is 4.58. The minimum absolute atomic E-state index is 0.224. The normalized spacial score (nSPS) is 22.8. The van der Waals surface area contributed by atoms with E-state index in [1.807, 2.05) is 18.3 Å². The summed E-state index contributed by atoms with van der Waals surface area (Å²) in [6, 6.07) is 8.25. The molecule has 0 radical (unpaired) electrons. The molecule has 4 rings (SSSR count). The Hall–Kier alpha value is -2.40. The minimum Gasteiger partial charge on any atom is -0.425 e. The van der Waals surface area contributed by atoms with E-state index in [-0.39, 0.29) is 12.5 Å². The van der Waals surface area contributed by atoms with Crippen LogP contribution >= 0.6 is 0 Å². The number of aliphatic hydroxyl groups is 1. The van der Waals surface area contributed by atoms with Crippen LogP contribution in [0, 0.1) is 23.7 Å². The predicted molar refractivity (Wildman–Crippen MR) is 110 cm³/mol. The summed E-state index contributed by atoms with van der Waals surface area (Å²) in [5, 5.41) is 19.5. The standard InChI is InChI=1S/C23H29N3O2/c1-14(2)20-9-16(15(3)8-18(20)13-27)10-22-25-26-23(28-22)11-17-12-24-21-7-5-4-6-19(17)21/h4-8,12,14,16,18,20,24,27H,9-11,13H2,1-3H3. The van der Waals surface area contributed by atoms with E-state index < -0.39 is 0 Å². The van der Waals surface area contributed by atoms with Crippen molar-refractivity contribution >= 4 is 10.9 Å². The van der Waals surface area contributed by atoms with Gasteiger partial charge in [0.25, 0.3) is 0 Å². The number of nitrogens with one attached hydrogen (secondary N) is 1. The average molecular weight is 380 g/mol. The topological polar surface area (TPSA) is 74.9 Å². The van der Waals surface area contributed by atoms with Crippen molar-refractivity contribution < 1.29 is 9.52 Å². The summed E-state index contributed by atoms with van der Waals surface area (Å²) >= 11 is 0. The number of hydrogen-bond donors (Lipinski definition) is 2. The Morgan fingerprint density at radius 2 is 2.00 bits per heavy atom. The number of nitrogens with zero attached hydrogens (tertiary/aromatic N) is 2. The van der Waals surface area contributed by atoms with E-state index in [1.54, 1.807) is 0 Å². The van der Waals surface area contributed by atoms with Gasteiger partial charge < -0.3 is 14.5 Å². The lowest BCUT2D eigenvalue weighted by molar-refractivity contribution is 0.147. The maximum Gasteiger partial charge on any atom is 0.221 e. The number of rotatable bonds is 6. The van der Waals surface area contributed by atoms with E-state index in [0.717, 1.165) is 18.4 Å². The van der Waals surface area contributed by atoms with Gasteiger partial charge in [-0.3, -0.25) is 0 Å². The number of allylic oxidation sites excluding steroid dienone is 1. The summed E-state index contributed by atoms with van der Waals surface area (Å²) in [6.07, 6.45) is 6.74. The summed E-state index contributed by atoms with van der Waals surface area (Å²) in [4.78, 5) is 3.29. The lowest BCUT2D eigenvalue weighted by Crippen LogP contribution is -2.30. The molecule has 2 N–H and O–H groups in total. The molecule has 1 aliphatic rings. The number of para-hydroxylation sites is 1. The molecule has 0 amide bonds. The largest absolute Gasteiger partial charge is 0.425 e. The molecule has 3 atom stereocenters. The molecule has 0 bridgehead atoms. The number of fused-ring (bicyclic) bond motifs is 1. The second kappa shape index (κ2) is 7.92. The van der Waals surface area contributed by atoms with Crippen molar-refractivity contribution in [2.45, 2.75) is 40.0 Å². The van der Waals surface area contributed by atoms with Crippen LogP contribution in [0.3, 0.4) is 0 Å². The van der Waals surface area contributed by atoms with Gasteiger partial charge >= 0.3 is 0 Å². The molecule has 1 aromatic carbocycles. The quantitative estimate of drug-likeness (QED) is 0.617. The van der Waals surface area contributed by atoms with Crippen LogP contribution in [-0.2, 0) is 12.8 Å². The molecule has 0 spiro atoms. The van der Waals surface area contributed by atoms with Gasteiger partial charge in [0.05, 0.1) is 6.42 Å². The fourth-order valence-electron chi connectivity index (χ4n) is 4.58. The van der Waals surface area contributed by atoms with Gasteiger partial charge in [-0.1, -0.05) is 43.7 Å². The third-order valence-electron chi connectivity index (χ3n) is 6.24. The molecular formula is C23H29N3O2. The molecule has 3 aromatic rings. The molecule has 148 valence electrons. The monoisotopic (exact) mass is 379 g/mol. The molecule has 0 fully saturated rings. The van der Waals surface area contributed by atoms with Gasteiger partial charge in [0.1, 0.15) is 0 Å². The smallest absolute Gasteiger partial charge is 0.221 e. The third kappa shape index (κ3) is 3.76. The molecule has 0 saturated carbocycles. The van der Waals surface area contributed by atoms with Crippen molar-refractivity contribution in [2.75, 3.05) is 6.61 Å². The Labute approximate surface area is 165 Å². The van der Waals surface area contributed by atoms with Crippen molar-refractivity contribution in [1.29, 1.82) is 0 Å². The Balaban J connectivity index is 1.47. The first-order valence-corrected chi connectivity index (χ1v) is 10.2. The van der Waals surface area contributed by atoms with Gasteiger partial charge in [-0.15, -0.1) is 10.2 Å². The average Bonchev–Trinajstić information content (AvgIpc) is 3.30. The van der Waals surface area contributed by atoms with E-state index in [4.69, 9.17) is 4.42 Å². The number of hydrogen-bond acceptors (Lipinski definition) is 4. The highest BCUT2D eigenvalue weighted by Crippen LogP contribution is 2.38. The molecule has 5 heteroatoms. The Morgan fingerprint density at radius 1 is 1.21 bits per heavy atom. The highest BCUT2D eigenvalue weighted by molar-refractivity contribution is 5.83. The van der Waals surface area contributed by atoms with Crippen molar-refractivity contribution in [1.82, 2.24) is 15.2 Å². The number of aromatic amines is 1. The van der Waals surface area contributed by atoms with Crippen LogP contribution in [0.25, 0.3) is 10.9 Å². The number of benzene rings is 1. The molecular weight excluding hydrogens is 350 g/mol. The second-order valence-electron chi connectivity index (χ2n) is 8.43. The second-order valence-corrected chi connectivity index (χ2v) is 8.43. The molecule has 2 aromatic heterocycles. The van der Waals surface area contributed by atoms with Crippen LogP contribution in [0.4, 0.5) is 0 Å². The fraction of sp³-hybridized carbons (Fsp3) is 0.478. The maximum atomic E-state index is 9.72. The Morgan fingerprint density at radius 3 is 2.79 bits per heavy atom. The van der Waals surface area contributed by atoms with Gasteiger partial charge in [0, 0.05) is 36.0 Å². The van der Waals surface area contributed by atoms with E-state index in [1.165, 1.54) is 16.5 Å². The van der Waals surface area contributed by atoms with Gasteiger partial charge in [0.15, 0.2) is 0 Å². The van der Waals surface area contributed by atoms with Gasteiger partial charge in [-0.2, -0.15) is 0 Å². The third-order valence-corrected chi connectivity index (χ3v) is 6.24. The van der Waals surface area contributed by atoms with E-state index in [2.05, 4.69) is 54.2 Å². The predicted octanol–water partition coefficient (Wildman–Crippen LogP) is 4.53. The first-order chi connectivity index (χ1) is 13.5. The Kier molecular flexibility index (Phi) is 5.36. The zero-order chi connectivity index (χ0) is 19.7.